The summed E-state index contributed by atoms with van der Waals surface area (Å²) >= 11 is 8.63. The fraction of sp³-hybridized carbons (Fsp3) is 0. The molecule has 118 valence electrons. The van der Waals surface area contributed by atoms with E-state index < -0.39 is 10.0 Å². The number of rotatable bonds is 5. The first-order valence-electron chi connectivity index (χ1n) is 6.63. The minimum absolute atomic E-state index is 0.223. The first-order chi connectivity index (χ1) is 11.0. The normalized spacial score (nSPS) is 11.3. The molecule has 0 saturated carbocycles. The Labute approximate surface area is 148 Å². The van der Waals surface area contributed by atoms with Crippen molar-refractivity contribution in [1.29, 1.82) is 0 Å². The average molecular weight is 382 g/mol. The predicted octanol–water partition coefficient (Wildman–Crippen LogP) is 5.35. The lowest BCUT2D eigenvalue weighted by Gasteiger charge is -2.08. The maximum absolute atomic E-state index is 12.5. The second kappa shape index (κ2) is 6.97. The molecule has 3 nitrogen and oxygen atoms in total. The van der Waals surface area contributed by atoms with Crippen LogP contribution in [0.25, 0.3) is 0 Å². The quantitative estimate of drug-likeness (QED) is 0.647. The summed E-state index contributed by atoms with van der Waals surface area (Å²) in [5.41, 5.74) is 0.473. The zero-order valence-electron chi connectivity index (χ0n) is 11.8. The minimum atomic E-state index is -3.63. The van der Waals surface area contributed by atoms with E-state index in [1.165, 1.54) is 23.1 Å². The summed E-state index contributed by atoms with van der Waals surface area (Å²) in [7, 11) is -3.63. The molecule has 0 saturated heterocycles. The summed E-state index contributed by atoms with van der Waals surface area (Å²) in [4.78, 5) is 2.14. The fourth-order valence-electron chi connectivity index (χ4n) is 1.91. The maximum atomic E-state index is 12.5. The Hall–Kier alpha value is -1.47. The van der Waals surface area contributed by atoms with Crippen LogP contribution in [0.1, 0.15) is 0 Å². The summed E-state index contributed by atoms with van der Waals surface area (Å²) in [6.07, 6.45) is 0. The predicted molar refractivity (Wildman–Crippen MR) is 97.1 cm³/mol. The van der Waals surface area contributed by atoms with E-state index >= 15 is 0 Å². The highest BCUT2D eigenvalue weighted by atomic mass is 35.5. The number of nitrogens with one attached hydrogen (secondary N) is 1. The van der Waals surface area contributed by atoms with E-state index in [1.807, 2.05) is 36.4 Å². The van der Waals surface area contributed by atoms with Crippen LogP contribution in [0.4, 0.5) is 5.69 Å². The molecule has 0 aliphatic rings. The summed E-state index contributed by atoms with van der Waals surface area (Å²) in [6.45, 7) is 0. The van der Waals surface area contributed by atoms with Crippen LogP contribution in [0.2, 0.25) is 4.34 Å². The minimum Gasteiger partial charge on any atom is -0.279 e. The average Bonchev–Trinajstić information content (AvgIpc) is 2.93. The van der Waals surface area contributed by atoms with Crippen LogP contribution in [0.15, 0.2) is 80.7 Å². The number of halogens is 1. The van der Waals surface area contributed by atoms with Gasteiger partial charge in [0.25, 0.3) is 10.0 Å². The van der Waals surface area contributed by atoms with Gasteiger partial charge in [-0.25, -0.2) is 8.42 Å². The molecule has 3 rings (SSSR count). The largest absolute Gasteiger partial charge is 0.279 e. The zero-order valence-corrected chi connectivity index (χ0v) is 15.0. The molecule has 1 N–H and O–H groups in total. The summed E-state index contributed by atoms with van der Waals surface area (Å²) in [6, 6.07) is 18.3. The molecule has 0 unspecified atom stereocenters. The van der Waals surface area contributed by atoms with Gasteiger partial charge in [-0.3, -0.25) is 4.72 Å². The lowest BCUT2D eigenvalue weighted by molar-refractivity contribution is 0.601. The van der Waals surface area contributed by atoms with Crippen molar-refractivity contribution in [2.24, 2.45) is 0 Å². The highest BCUT2D eigenvalue weighted by Gasteiger charge is 2.15. The van der Waals surface area contributed by atoms with Crippen molar-refractivity contribution in [1.82, 2.24) is 0 Å². The summed E-state index contributed by atoms with van der Waals surface area (Å²) in [5.74, 6) is 0. The van der Waals surface area contributed by atoms with Crippen molar-refractivity contribution < 1.29 is 8.42 Å². The van der Waals surface area contributed by atoms with E-state index in [2.05, 4.69) is 4.72 Å². The Morgan fingerprint density at radius 2 is 1.70 bits per heavy atom. The summed E-state index contributed by atoms with van der Waals surface area (Å²) < 4.78 is 28.0. The Morgan fingerprint density at radius 1 is 0.957 bits per heavy atom. The van der Waals surface area contributed by atoms with Gasteiger partial charge in [-0.1, -0.05) is 47.6 Å². The van der Waals surface area contributed by atoms with Crippen LogP contribution < -0.4 is 4.72 Å². The molecule has 2 aromatic carbocycles. The van der Waals surface area contributed by atoms with Crippen molar-refractivity contribution >= 4 is 50.4 Å². The number of anilines is 1. The molecule has 0 spiro atoms. The van der Waals surface area contributed by atoms with Gasteiger partial charge >= 0.3 is 0 Å². The standard InChI is InChI=1S/C16H12ClNO2S3/c17-16-9-12(11-21-16)18-23(19,20)15-8-4-7-14(10-15)22-13-5-2-1-3-6-13/h1-11,18H. The summed E-state index contributed by atoms with van der Waals surface area (Å²) in [5, 5.41) is 1.67. The van der Waals surface area contributed by atoms with Crippen LogP contribution in [0, 0.1) is 0 Å². The van der Waals surface area contributed by atoms with Crippen LogP contribution >= 0.6 is 34.7 Å². The van der Waals surface area contributed by atoms with Crippen molar-refractivity contribution in [2.45, 2.75) is 14.7 Å². The SMILES string of the molecule is O=S(=O)(Nc1csc(Cl)c1)c1cccc(Sc2ccccc2)c1. The van der Waals surface area contributed by atoms with Gasteiger partial charge in [-0.15, -0.1) is 11.3 Å². The molecule has 1 aromatic heterocycles. The lowest BCUT2D eigenvalue weighted by atomic mass is 10.4. The van der Waals surface area contributed by atoms with Gasteiger partial charge in [0.2, 0.25) is 0 Å². The number of hydrogen-bond acceptors (Lipinski definition) is 4. The van der Waals surface area contributed by atoms with Gasteiger partial charge in [0.05, 0.1) is 14.9 Å². The number of benzene rings is 2. The van der Waals surface area contributed by atoms with Gasteiger partial charge in [-0.05, 0) is 36.4 Å². The van der Waals surface area contributed by atoms with Gasteiger partial charge in [0.1, 0.15) is 0 Å². The number of hydrogen-bond donors (Lipinski definition) is 1. The van der Waals surface area contributed by atoms with Crippen LogP contribution in [0.3, 0.4) is 0 Å². The van der Waals surface area contributed by atoms with E-state index in [9.17, 15) is 8.42 Å². The first-order valence-corrected chi connectivity index (χ1v) is 10.2. The third-order valence-electron chi connectivity index (χ3n) is 2.91. The second-order valence-electron chi connectivity index (χ2n) is 4.63. The van der Waals surface area contributed by atoms with E-state index in [4.69, 9.17) is 11.6 Å². The highest BCUT2D eigenvalue weighted by Crippen LogP contribution is 2.30. The van der Waals surface area contributed by atoms with Gasteiger partial charge in [-0.2, -0.15) is 0 Å². The van der Waals surface area contributed by atoms with Crippen molar-refractivity contribution in [3.63, 3.8) is 0 Å². The molecule has 0 bridgehead atoms. The molecular weight excluding hydrogens is 370 g/mol. The molecule has 0 radical (unpaired) electrons. The molecule has 7 heteroatoms. The van der Waals surface area contributed by atoms with E-state index in [-0.39, 0.29) is 4.90 Å². The Balaban J connectivity index is 1.83. The zero-order chi connectivity index (χ0) is 16.3. The van der Waals surface area contributed by atoms with Crippen molar-refractivity contribution in [3.8, 4) is 0 Å². The monoisotopic (exact) mass is 381 g/mol. The third-order valence-corrected chi connectivity index (χ3v) is 6.38. The molecule has 0 aliphatic carbocycles. The van der Waals surface area contributed by atoms with E-state index in [0.29, 0.717) is 10.0 Å². The number of sulfonamides is 1. The lowest BCUT2D eigenvalue weighted by Crippen LogP contribution is -2.12. The van der Waals surface area contributed by atoms with E-state index in [0.717, 1.165) is 9.79 Å². The van der Waals surface area contributed by atoms with Crippen LogP contribution in [-0.4, -0.2) is 8.42 Å². The smallest absolute Gasteiger partial charge is 0.261 e. The van der Waals surface area contributed by atoms with Gasteiger partial charge in [0.15, 0.2) is 0 Å². The fourth-order valence-corrected chi connectivity index (χ4v) is 4.85. The van der Waals surface area contributed by atoms with Crippen LogP contribution in [-0.2, 0) is 10.0 Å². The van der Waals surface area contributed by atoms with E-state index in [1.54, 1.807) is 29.6 Å². The molecule has 1 heterocycles. The highest BCUT2D eigenvalue weighted by molar-refractivity contribution is 7.99. The molecule has 0 fully saturated rings. The Kier molecular flexibility index (Phi) is 4.96. The molecule has 0 atom stereocenters. The molecule has 23 heavy (non-hydrogen) atoms. The topological polar surface area (TPSA) is 46.2 Å². The van der Waals surface area contributed by atoms with Gasteiger partial charge < -0.3 is 0 Å². The molecule has 0 aliphatic heterocycles. The molecule has 0 amide bonds. The maximum Gasteiger partial charge on any atom is 0.261 e. The number of thiophene rings is 1. The Morgan fingerprint density at radius 3 is 2.39 bits per heavy atom. The molecular formula is C16H12ClNO2S3. The molecule has 3 aromatic rings. The third kappa shape index (κ3) is 4.29. The van der Waals surface area contributed by atoms with Crippen molar-refractivity contribution in [2.75, 3.05) is 4.72 Å². The Bertz CT molecular complexity index is 908. The van der Waals surface area contributed by atoms with Gasteiger partial charge in [0, 0.05) is 15.2 Å². The second-order valence-corrected chi connectivity index (χ2v) is 9.01. The first kappa shape index (κ1) is 16.4. The van der Waals surface area contributed by atoms with Crippen molar-refractivity contribution in [3.05, 3.63) is 70.4 Å². The van der Waals surface area contributed by atoms with Crippen LogP contribution in [0.5, 0.6) is 0 Å².